The first-order chi connectivity index (χ1) is 12.1. The van der Waals surface area contributed by atoms with Crippen molar-refractivity contribution in [3.05, 3.63) is 59.8 Å². The van der Waals surface area contributed by atoms with Gasteiger partial charge in [0.25, 0.3) is 0 Å². The highest BCUT2D eigenvalue weighted by Gasteiger charge is 2.19. The maximum absolute atomic E-state index is 11.6. The molecule has 0 spiro atoms. The molecule has 0 saturated heterocycles. The van der Waals surface area contributed by atoms with Gasteiger partial charge in [0.05, 0.1) is 13.2 Å². The summed E-state index contributed by atoms with van der Waals surface area (Å²) in [4.78, 5) is 15.6. The van der Waals surface area contributed by atoms with Gasteiger partial charge in [-0.2, -0.15) is 0 Å². The van der Waals surface area contributed by atoms with E-state index in [9.17, 15) is 15.0 Å². The van der Waals surface area contributed by atoms with E-state index in [4.69, 9.17) is 9.47 Å². The van der Waals surface area contributed by atoms with Crippen molar-refractivity contribution in [2.45, 2.75) is 25.2 Å². The Kier molecular flexibility index (Phi) is 7.18. The molecule has 0 radical (unpaired) electrons. The van der Waals surface area contributed by atoms with Crippen LogP contribution in [-0.2, 0) is 11.3 Å². The van der Waals surface area contributed by atoms with Gasteiger partial charge in [0.15, 0.2) is 0 Å². The van der Waals surface area contributed by atoms with Crippen LogP contribution in [0, 0.1) is 0 Å². The molecule has 1 aromatic heterocycles. The van der Waals surface area contributed by atoms with Crippen molar-refractivity contribution in [3.8, 4) is 5.88 Å². The zero-order chi connectivity index (χ0) is 18.1. The predicted octanol–water partition coefficient (Wildman–Crippen LogP) is 1.80. The Morgan fingerprint density at radius 3 is 2.60 bits per heavy atom. The first kappa shape index (κ1) is 18.7. The van der Waals surface area contributed by atoms with Crippen molar-refractivity contribution in [1.82, 2.24) is 10.3 Å². The van der Waals surface area contributed by atoms with Gasteiger partial charge in [-0.25, -0.2) is 9.78 Å². The fourth-order valence-electron chi connectivity index (χ4n) is 2.16. The van der Waals surface area contributed by atoms with Crippen LogP contribution in [0.2, 0.25) is 0 Å². The van der Waals surface area contributed by atoms with Crippen LogP contribution in [0.5, 0.6) is 5.88 Å². The average molecular weight is 346 g/mol. The van der Waals surface area contributed by atoms with E-state index < -0.39 is 18.3 Å². The monoisotopic (exact) mass is 346 g/mol. The molecule has 0 saturated carbocycles. The van der Waals surface area contributed by atoms with Gasteiger partial charge in [0, 0.05) is 24.4 Å². The van der Waals surface area contributed by atoms with E-state index in [-0.39, 0.29) is 19.6 Å². The third-order valence-corrected chi connectivity index (χ3v) is 3.60. The number of methoxy groups -OCH3 is 1. The first-order valence-corrected chi connectivity index (χ1v) is 7.90. The molecule has 1 heterocycles. The summed E-state index contributed by atoms with van der Waals surface area (Å²) < 4.78 is 10.0. The van der Waals surface area contributed by atoms with E-state index in [1.165, 1.54) is 13.3 Å². The summed E-state index contributed by atoms with van der Waals surface area (Å²) >= 11 is 0. The maximum Gasteiger partial charge on any atom is 0.407 e. The minimum Gasteiger partial charge on any atom is -0.481 e. The summed E-state index contributed by atoms with van der Waals surface area (Å²) in [5.41, 5.74) is 1.36. The number of aliphatic hydroxyl groups is 2. The molecule has 0 fully saturated rings. The van der Waals surface area contributed by atoms with Crippen LogP contribution < -0.4 is 10.1 Å². The van der Waals surface area contributed by atoms with Crippen LogP contribution in [0.4, 0.5) is 4.79 Å². The van der Waals surface area contributed by atoms with E-state index in [1.54, 1.807) is 12.1 Å². The van der Waals surface area contributed by atoms with E-state index in [0.717, 1.165) is 5.56 Å². The highest BCUT2D eigenvalue weighted by molar-refractivity contribution is 5.67. The Labute approximate surface area is 146 Å². The number of benzene rings is 1. The largest absolute Gasteiger partial charge is 0.481 e. The number of aliphatic hydroxyl groups excluding tert-OH is 2. The van der Waals surface area contributed by atoms with Crippen LogP contribution in [0.25, 0.3) is 0 Å². The number of carbonyl (C=O) groups excluding carboxylic acids is 1. The van der Waals surface area contributed by atoms with E-state index >= 15 is 0 Å². The molecule has 0 bridgehead atoms. The molecule has 3 N–H and O–H groups in total. The Hall–Kier alpha value is -2.64. The van der Waals surface area contributed by atoms with Gasteiger partial charge in [-0.1, -0.05) is 30.3 Å². The van der Waals surface area contributed by atoms with Crippen molar-refractivity contribution in [1.29, 1.82) is 0 Å². The SMILES string of the molecule is COc1ccc(C(O)C(O)CCNC(=O)OCc2ccccc2)cn1. The molecule has 134 valence electrons. The van der Waals surface area contributed by atoms with Crippen LogP contribution in [0.1, 0.15) is 23.7 Å². The zero-order valence-electron chi connectivity index (χ0n) is 14.0. The number of alkyl carbamates (subject to hydrolysis) is 1. The van der Waals surface area contributed by atoms with Crippen LogP contribution in [0.15, 0.2) is 48.7 Å². The molecule has 0 aliphatic rings. The molecule has 2 atom stereocenters. The molecular weight excluding hydrogens is 324 g/mol. The lowest BCUT2D eigenvalue weighted by Gasteiger charge is -2.18. The molecular formula is C18H22N2O5. The molecule has 25 heavy (non-hydrogen) atoms. The second kappa shape index (κ2) is 9.61. The highest BCUT2D eigenvalue weighted by Crippen LogP contribution is 2.19. The summed E-state index contributed by atoms with van der Waals surface area (Å²) in [5.74, 6) is 0.424. The first-order valence-electron chi connectivity index (χ1n) is 7.90. The maximum atomic E-state index is 11.6. The number of carbonyl (C=O) groups is 1. The van der Waals surface area contributed by atoms with Gasteiger partial charge < -0.3 is 25.0 Å². The van der Waals surface area contributed by atoms with E-state index in [2.05, 4.69) is 10.3 Å². The van der Waals surface area contributed by atoms with Gasteiger partial charge in [0.1, 0.15) is 12.7 Å². The van der Waals surface area contributed by atoms with Crippen molar-refractivity contribution in [2.24, 2.45) is 0 Å². The smallest absolute Gasteiger partial charge is 0.407 e. The predicted molar refractivity (Wildman–Crippen MR) is 91.0 cm³/mol. The summed E-state index contributed by atoms with van der Waals surface area (Å²) in [6, 6.07) is 12.6. The lowest BCUT2D eigenvalue weighted by Crippen LogP contribution is -2.29. The lowest BCUT2D eigenvalue weighted by atomic mass is 10.0. The van der Waals surface area contributed by atoms with Crippen molar-refractivity contribution < 1.29 is 24.5 Å². The topological polar surface area (TPSA) is 101 Å². The second-order valence-corrected chi connectivity index (χ2v) is 5.42. The fourth-order valence-corrected chi connectivity index (χ4v) is 2.16. The number of nitrogens with one attached hydrogen (secondary N) is 1. The number of aromatic nitrogens is 1. The summed E-state index contributed by atoms with van der Waals surface area (Å²) in [7, 11) is 1.50. The van der Waals surface area contributed by atoms with E-state index in [0.29, 0.717) is 11.4 Å². The molecule has 2 aromatic rings. The third-order valence-electron chi connectivity index (χ3n) is 3.60. The highest BCUT2D eigenvalue weighted by atomic mass is 16.5. The third kappa shape index (κ3) is 6.06. The quantitative estimate of drug-likeness (QED) is 0.674. The average Bonchev–Trinajstić information content (AvgIpc) is 2.66. The number of nitrogens with zero attached hydrogens (tertiary/aromatic N) is 1. The Balaban J connectivity index is 1.69. The summed E-state index contributed by atoms with van der Waals surface area (Å²) in [6.45, 7) is 0.352. The Bertz CT molecular complexity index is 648. The Morgan fingerprint density at radius 2 is 1.96 bits per heavy atom. The molecule has 7 heteroatoms. The minimum atomic E-state index is -1.10. The molecule has 2 rings (SSSR count). The zero-order valence-corrected chi connectivity index (χ0v) is 14.0. The van der Waals surface area contributed by atoms with E-state index in [1.807, 2.05) is 30.3 Å². The molecule has 1 aromatic carbocycles. The number of amides is 1. The number of rotatable bonds is 8. The van der Waals surface area contributed by atoms with Gasteiger partial charge in [-0.05, 0) is 18.1 Å². The van der Waals surface area contributed by atoms with Gasteiger partial charge in [-0.15, -0.1) is 0 Å². The molecule has 0 aliphatic heterocycles. The molecule has 0 aliphatic carbocycles. The lowest BCUT2D eigenvalue weighted by molar-refractivity contribution is 0.0134. The van der Waals surface area contributed by atoms with Crippen molar-refractivity contribution >= 4 is 6.09 Å². The van der Waals surface area contributed by atoms with Crippen LogP contribution in [0.3, 0.4) is 0 Å². The van der Waals surface area contributed by atoms with Gasteiger partial charge in [0.2, 0.25) is 5.88 Å². The molecule has 2 unspecified atom stereocenters. The van der Waals surface area contributed by atoms with Crippen molar-refractivity contribution in [2.75, 3.05) is 13.7 Å². The minimum absolute atomic E-state index is 0.174. The number of ether oxygens (including phenoxy) is 2. The Morgan fingerprint density at radius 1 is 1.20 bits per heavy atom. The second-order valence-electron chi connectivity index (χ2n) is 5.42. The summed E-state index contributed by atoms with van der Waals surface area (Å²) in [5, 5.41) is 22.7. The van der Waals surface area contributed by atoms with Gasteiger partial charge in [-0.3, -0.25) is 0 Å². The number of hydrogen-bond acceptors (Lipinski definition) is 6. The number of pyridine rings is 1. The molecule has 1 amide bonds. The summed E-state index contributed by atoms with van der Waals surface area (Å²) in [6.07, 6.45) is -1.09. The van der Waals surface area contributed by atoms with Crippen LogP contribution in [-0.4, -0.2) is 41.0 Å². The van der Waals surface area contributed by atoms with Crippen molar-refractivity contribution in [3.63, 3.8) is 0 Å². The normalized spacial score (nSPS) is 12.9. The standard InChI is InChI=1S/C18H22N2O5/c1-24-16-8-7-14(11-20-16)17(22)15(21)9-10-19-18(23)25-12-13-5-3-2-4-6-13/h2-8,11,15,17,21-22H,9-10,12H2,1H3,(H,19,23). The fraction of sp³-hybridized carbons (Fsp3) is 0.333. The van der Waals surface area contributed by atoms with Gasteiger partial charge >= 0.3 is 6.09 Å². The number of hydrogen-bond donors (Lipinski definition) is 3. The van der Waals surface area contributed by atoms with Crippen LogP contribution >= 0.6 is 0 Å². The molecule has 7 nitrogen and oxygen atoms in total.